The normalized spacial score (nSPS) is 15.5. The highest BCUT2D eigenvalue weighted by Crippen LogP contribution is 2.28. The van der Waals surface area contributed by atoms with Crippen LogP contribution < -0.4 is 15.8 Å². The second-order valence-corrected chi connectivity index (χ2v) is 7.96. The minimum absolute atomic E-state index is 0.172. The van der Waals surface area contributed by atoms with Crippen LogP contribution in [-0.2, 0) is 17.7 Å². The number of cyclic esters (lactones) is 1. The molecule has 0 atom stereocenters. The van der Waals surface area contributed by atoms with Crippen LogP contribution >= 0.6 is 0 Å². The summed E-state index contributed by atoms with van der Waals surface area (Å²) in [5.74, 6) is 0.963. The van der Waals surface area contributed by atoms with Crippen molar-refractivity contribution in [2.45, 2.75) is 46.2 Å². The molecule has 0 bridgehead atoms. The van der Waals surface area contributed by atoms with Crippen LogP contribution in [0, 0.1) is 6.92 Å². The van der Waals surface area contributed by atoms with Crippen LogP contribution in [0.2, 0.25) is 0 Å². The zero-order valence-electron chi connectivity index (χ0n) is 17.4. The van der Waals surface area contributed by atoms with E-state index in [1.54, 1.807) is 6.92 Å². The zero-order chi connectivity index (χ0) is 21.5. The molecule has 30 heavy (non-hydrogen) atoms. The van der Waals surface area contributed by atoms with Crippen LogP contribution in [0.25, 0.3) is 10.9 Å². The van der Waals surface area contributed by atoms with Crippen molar-refractivity contribution < 1.29 is 9.53 Å². The standard InChI is InChI=1S/C21H24N6O3/c1-5-13-6-7-16-14(8-13)9-15(17(28)25-16)10-22-18-23-12(2)24-19(26-18)27-20(29)30-11-21(27,3)4/h6-9H,5,10-11H2,1-4H3,(H,25,28)(H,22,23,24,26). The second kappa shape index (κ2) is 7.40. The summed E-state index contributed by atoms with van der Waals surface area (Å²) in [6, 6.07) is 7.87. The number of fused-ring (bicyclic) bond motifs is 1. The van der Waals surface area contributed by atoms with E-state index in [9.17, 15) is 9.59 Å². The van der Waals surface area contributed by atoms with Crippen molar-refractivity contribution in [2.75, 3.05) is 16.8 Å². The lowest BCUT2D eigenvalue weighted by molar-refractivity contribution is 0.175. The summed E-state index contributed by atoms with van der Waals surface area (Å²) in [6.45, 7) is 8.06. The van der Waals surface area contributed by atoms with Crippen molar-refractivity contribution >= 4 is 28.9 Å². The third kappa shape index (κ3) is 3.70. The van der Waals surface area contributed by atoms with E-state index in [0.717, 1.165) is 17.3 Å². The van der Waals surface area contributed by atoms with Crippen LogP contribution in [0.4, 0.5) is 16.7 Å². The molecule has 9 heteroatoms. The first-order valence-electron chi connectivity index (χ1n) is 9.85. The van der Waals surface area contributed by atoms with E-state index in [1.165, 1.54) is 10.5 Å². The predicted octanol–water partition coefficient (Wildman–Crippen LogP) is 2.93. The Hall–Kier alpha value is -3.49. The molecule has 0 spiro atoms. The number of aromatic nitrogens is 4. The average Bonchev–Trinajstić information content (AvgIpc) is 2.98. The Morgan fingerprint density at radius 2 is 2.00 bits per heavy atom. The Kier molecular flexibility index (Phi) is 4.89. The van der Waals surface area contributed by atoms with E-state index in [2.05, 4.69) is 38.2 Å². The molecule has 2 aromatic heterocycles. The van der Waals surface area contributed by atoms with E-state index in [1.807, 2.05) is 32.0 Å². The lowest BCUT2D eigenvalue weighted by atomic mass is 10.1. The van der Waals surface area contributed by atoms with Gasteiger partial charge in [-0.1, -0.05) is 13.0 Å². The van der Waals surface area contributed by atoms with E-state index in [0.29, 0.717) is 11.4 Å². The number of ether oxygens (including phenoxy) is 1. The topological polar surface area (TPSA) is 113 Å². The molecular formula is C21H24N6O3. The fourth-order valence-corrected chi connectivity index (χ4v) is 3.44. The molecule has 4 rings (SSSR count). The Morgan fingerprint density at radius 3 is 2.70 bits per heavy atom. The number of carbonyl (C=O) groups excluding carboxylic acids is 1. The monoisotopic (exact) mass is 408 g/mol. The number of hydrogen-bond acceptors (Lipinski definition) is 7. The molecule has 0 unspecified atom stereocenters. The highest BCUT2D eigenvalue weighted by Gasteiger charge is 2.43. The summed E-state index contributed by atoms with van der Waals surface area (Å²) in [5.41, 5.74) is 1.83. The highest BCUT2D eigenvalue weighted by molar-refractivity contribution is 5.89. The molecule has 2 N–H and O–H groups in total. The molecule has 3 aromatic rings. The Balaban J connectivity index is 1.61. The second-order valence-electron chi connectivity index (χ2n) is 7.96. The lowest BCUT2D eigenvalue weighted by Gasteiger charge is -2.25. The number of aryl methyl sites for hydroxylation is 2. The smallest absolute Gasteiger partial charge is 0.417 e. The number of carbonyl (C=O) groups is 1. The maximum atomic E-state index is 12.5. The first-order valence-corrected chi connectivity index (χ1v) is 9.85. The largest absolute Gasteiger partial charge is 0.447 e. The summed E-state index contributed by atoms with van der Waals surface area (Å²) in [6.07, 6.45) is 0.430. The molecule has 156 valence electrons. The molecule has 9 nitrogen and oxygen atoms in total. The fraction of sp³-hybridized carbons (Fsp3) is 0.381. The third-order valence-corrected chi connectivity index (χ3v) is 5.10. The van der Waals surface area contributed by atoms with Gasteiger partial charge in [-0.3, -0.25) is 4.79 Å². The minimum atomic E-state index is -0.561. The van der Waals surface area contributed by atoms with Gasteiger partial charge in [-0.15, -0.1) is 0 Å². The van der Waals surface area contributed by atoms with Crippen molar-refractivity contribution in [1.29, 1.82) is 0 Å². The summed E-state index contributed by atoms with van der Waals surface area (Å²) in [5, 5.41) is 4.05. The molecule has 1 aliphatic heterocycles. The van der Waals surface area contributed by atoms with Gasteiger partial charge in [0.05, 0.1) is 5.54 Å². The summed E-state index contributed by atoms with van der Waals surface area (Å²) >= 11 is 0. The van der Waals surface area contributed by atoms with Gasteiger partial charge < -0.3 is 15.0 Å². The van der Waals surface area contributed by atoms with Crippen molar-refractivity contribution in [2.24, 2.45) is 0 Å². The van der Waals surface area contributed by atoms with E-state index in [-0.39, 0.29) is 30.6 Å². The average molecular weight is 408 g/mol. The summed E-state index contributed by atoms with van der Waals surface area (Å²) < 4.78 is 5.14. The number of nitrogens with one attached hydrogen (secondary N) is 2. The molecule has 1 fully saturated rings. The molecular weight excluding hydrogens is 384 g/mol. The number of aromatic amines is 1. The van der Waals surface area contributed by atoms with Gasteiger partial charge in [0.25, 0.3) is 5.56 Å². The number of benzene rings is 1. The maximum absolute atomic E-state index is 12.5. The van der Waals surface area contributed by atoms with Crippen LogP contribution in [0.1, 0.15) is 37.7 Å². The summed E-state index contributed by atoms with van der Waals surface area (Å²) in [7, 11) is 0. The molecule has 1 aliphatic rings. The Morgan fingerprint density at radius 1 is 1.20 bits per heavy atom. The third-order valence-electron chi connectivity index (χ3n) is 5.10. The van der Waals surface area contributed by atoms with Gasteiger partial charge in [0, 0.05) is 17.6 Å². The zero-order valence-corrected chi connectivity index (χ0v) is 17.4. The predicted molar refractivity (Wildman–Crippen MR) is 114 cm³/mol. The first kappa shape index (κ1) is 19.8. The SMILES string of the molecule is CCc1ccc2[nH]c(=O)c(CNc3nc(C)nc(N4C(=O)OCC4(C)C)n3)cc2c1. The first-order chi connectivity index (χ1) is 14.3. The van der Waals surface area contributed by atoms with Crippen molar-refractivity contribution in [3.05, 3.63) is 51.6 Å². The molecule has 1 amide bonds. The van der Waals surface area contributed by atoms with Crippen molar-refractivity contribution in [3.8, 4) is 0 Å². The van der Waals surface area contributed by atoms with Gasteiger partial charge in [-0.25, -0.2) is 9.69 Å². The number of amides is 1. The van der Waals surface area contributed by atoms with Gasteiger partial charge in [0.1, 0.15) is 12.4 Å². The van der Waals surface area contributed by atoms with Crippen LogP contribution in [0.3, 0.4) is 0 Å². The van der Waals surface area contributed by atoms with Gasteiger partial charge in [0.2, 0.25) is 11.9 Å². The van der Waals surface area contributed by atoms with E-state index < -0.39 is 11.6 Å². The van der Waals surface area contributed by atoms with Crippen molar-refractivity contribution in [3.63, 3.8) is 0 Å². The van der Waals surface area contributed by atoms with Gasteiger partial charge in [-0.2, -0.15) is 15.0 Å². The number of anilines is 2. The van der Waals surface area contributed by atoms with Crippen LogP contribution in [-0.4, -0.2) is 38.2 Å². The van der Waals surface area contributed by atoms with Gasteiger partial charge in [-0.05, 0) is 56.3 Å². The van der Waals surface area contributed by atoms with E-state index >= 15 is 0 Å². The molecule has 1 saturated heterocycles. The number of rotatable bonds is 5. The van der Waals surface area contributed by atoms with Gasteiger partial charge >= 0.3 is 6.09 Å². The number of nitrogens with zero attached hydrogens (tertiary/aromatic N) is 4. The van der Waals surface area contributed by atoms with Crippen LogP contribution in [0.15, 0.2) is 29.1 Å². The fourth-order valence-electron chi connectivity index (χ4n) is 3.44. The molecule has 1 aromatic carbocycles. The van der Waals surface area contributed by atoms with Gasteiger partial charge in [0.15, 0.2) is 0 Å². The highest BCUT2D eigenvalue weighted by atomic mass is 16.6. The molecule has 0 saturated carbocycles. The lowest BCUT2D eigenvalue weighted by Crippen LogP contribution is -2.43. The molecule has 0 radical (unpaired) electrons. The Labute approximate surface area is 173 Å². The number of pyridine rings is 1. The van der Waals surface area contributed by atoms with Crippen molar-refractivity contribution in [1.82, 2.24) is 19.9 Å². The van der Waals surface area contributed by atoms with Crippen LogP contribution in [0.5, 0.6) is 0 Å². The Bertz CT molecular complexity index is 1190. The number of H-pyrrole nitrogens is 1. The molecule has 0 aliphatic carbocycles. The summed E-state index contributed by atoms with van der Waals surface area (Å²) in [4.78, 5) is 41.9. The number of hydrogen-bond donors (Lipinski definition) is 2. The maximum Gasteiger partial charge on any atom is 0.417 e. The quantitative estimate of drug-likeness (QED) is 0.667. The molecule has 3 heterocycles. The minimum Gasteiger partial charge on any atom is -0.447 e. The van der Waals surface area contributed by atoms with E-state index in [4.69, 9.17) is 4.74 Å².